The van der Waals surface area contributed by atoms with E-state index in [1.807, 2.05) is 19.9 Å². The van der Waals surface area contributed by atoms with Gasteiger partial charge in [0.05, 0.1) is 12.1 Å². The van der Waals surface area contributed by atoms with Crippen molar-refractivity contribution in [3.05, 3.63) is 34.9 Å². The van der Waals surface area contributed by atoms with E-state index in [4.69, 9.17) is 5.73 Å². The molecule has 0 aliphatic heterocycles. The third-order valence-corrected chi connectivity index (χ3v) is 2.97. The second-order valence-electron chi connectivity index (χ2n) is 4.60. The minimum absolute atomic E-state index is 0.182. The average molecular weight is 207 g/mol. The molecule has 0 amide bonds. The molecular formula is C13H21NO. The number of aliphatic hydroxyl groups is 1. The predicted octanol–water partition coefficient (Wildman–Crippen LogP) is 2.32. The highest BCUT2D eigenvalue weighted by molar-refractivity contribution is 5.32. The van der Waals surface area contributed by atoms with Crippen LogP contribution in [0.2, 0.25) is 0 Å². The molecule has 0 radical (unpaired) electrons. The molecule has 0 aliphatic carbocycles. The molecule has 2 heteroatoms. The predicted molar refractivity (Wildman–Crippen MR) is 63.7 cm³/mol. The molecule has 2 nitrogen and oxygen atoms in total. The highest BCUT2D eigenvalue weighted by Crippen LogP contribution is 2.21. The lowest BCUT2D eigenvalue weighted by Crippen LogP contribution is -2.30. The van der Waals surface area contributed by atoms with Crippen LogP contribution in [0.15, 0.2) is 18.2 Å². The summed E-state index contributed by atoms with van der Waals surface area (Å²) in [5.74, 6) is 0.182. The SMILES string of the molecule is Cc1ccc([C@@H](N)[C@@H](O)C(C)C)cc1C. The molecule has 1 aromatic rings. The monoisotopic (exact) mass is 207 g/mol. The van der Waals surface area contributed by atoms with Gasteiger partial charge in [-0.1, -0.05) is 32.0 Å². The van der Waals surface area contributed by atoms with E-state index in [-0.39, 0.29) is 12.0 Å². The van der Waals surface area contributed by atoms with Crippen LogP contribution in [0.1, 0.15) is 36.6 Å². The van der Waals surface area contributed by atoms with Crippen LogP contribution in [0, 0.1) is 19.8 Å². The van der Waals surface area contributed by atoms with Crippen LogP contribution in [0.5, 0.6) is 0 Å². The Morgan fingerprint density at radius 3 is 2.20 bits per heavy atom. The van der Waals surface area contributed by atoms with Gasteiger partial charge in [0, 0.05) is 0 Å². The van der Waals surface area contributed by atoms with Crippen LogP contribution in [0.25, 0.3) is 0 Å². The van der Waals surface area contributed by atoms with Gasteiger partial charge in [-0.05, 0) is 36.5 Å². The summed E-state index contributed by atoms with van der Waals surface area (Å²) < 4.78 is 0. The summed E-state index contributed by atoms with van der Waals surface area (Å²) in [5.41, 5.74) is 9.50. The molecule has 3 N–H and O–H groups in total. The van der Waals surface area contributed by atoms with Gasteiger partial charge in [-0.25, -0.2) is 0 Å². The van der Waals surface area contributed by atoms with Crippen LogP contribution >= 0.6 is 0 Å². The first kappa shape index (κ1) is 12.2. The fraction of sp³-hybridized carbons (Fsp3) is 0.538. The topological polar surface area (TPSA) is 46.2 Å². The molecule has 0 spiro atoms. The summed E-state index contributed by atoms with van der Waals surface area (Å²) in [6.07, 6.45) is -0.480. The molecular weight excluding hydrogens is 186 g/mol. The summed E-state index contributed by atoms with van der Waals surface area (Å²) in [7, 11) is 0. The number of aliphatic hydroxyl groups excluding tert-OH is 1. The Bertz CT molecular complexity index is 333. The van der Waals surface area contributed by atoms with Crippen molar-refractivity contribution in [2.45, 2.75) is 39.8 Å². The van der Waals surface area contributed by atoms with E-state index >= 15 is 0 Å². The smallest absolute Gasteiger partial charge is 0.0755 e. The quantitative estimate of drug-likeness (QED) is 0.799. The summed E-state index contributed by atoms with van der Waals surface area (Å²) in [6, 6.07) is 5.83. The van der Waals surface area contributed by atoms with Gasteiger partial charge in [-0.2, -0.15) is 0 Å². The van der Waals surface area contributed by atoms with Crippen LogP contribution < -0.4 is 5.73 Å². The molecule has 1 aromatic carbocycles. The molecule has 0 aliphatic rings. The Balaban J connectivity index is 2.91. The lowest BCUT2D eigenvalue weighted by molar-refractivity contribution is 0.0979. The van der Waals surface area contributed by atoms with Gasteiger partial charge < -0.3 is 10.8 Å². The fourth-order valence-electron chi connectivity index (χ4n) is 1.58. The Morgan fingerprint density at radius 1 is 1.13 bits per heavy atom. The second kappa shape index (κ2) is 4.77. The summed E-state index contributed by atoms with van der Waals surface area (Å²) >= 11 is 0. The van der Waals surface area contributed by atoms with Gasteiger partial charge in [-0.15, -0.1) is 0 Å². The average Bonchev–Trinajstić information content (AvgIpc) is 2.19. The number of benzene rings is 1. The molecule has 0 heterocycles. The number of aryl methyl sites for hydroxylation is 2. The lowest BCUT2D eigenvalue weighted by atomic mass is 9.93. The van der Waals surface area contributed by atoms with E-state index in [0.717, 1.165) is 5.56 Å². The highest BCUT2D eigenvalue weighted by Gasteiger charge is 2.19. The lowest BCUT2D eigenvalue weighted by Gasteiger charge is -2.23. The Morgan fingerprint density at radius 2 is 1.73 bits per heavy atom. The zero-order valence-corrected chi connectivity index (χ0v) is 9.99. The van der Waals surface area contributed by atoms with Gasteiger partial charge >= 0.3 is 0 Å². The number of rotatable bonds is 3. The minimum Gasteiger partial charge on any atom is -0.391 e. The molecule has 0 bridgehead atoms. The van der Waals surface area contributed by atoms with Crippen LogP contribution in [0.3, 0.4) is 0 Å². The van der Waals surface area contributed by atoms with Crippen molar-refractivity contribution < 1.29 is 5.11 Å². The molecule has 0 aromatic heterocycles. The van der Waals surface area contributed by atoms with Crippen LogP contribution in [-0.4, -0.2) is 11.2 Å². The van der Waals surface area contributed by atoms with E-state index in [1.165, 1.54) is 11.1 Å². The van der Waals surface area contributed by atoms with Crippen LogP contribution in [0.4, 0.5) is 0 Å². The minimum atomic E-state index is -0.480. The maximum absolute atomic E-state index is 9.88. The zero-order chi connectivity index (χ0) is 11.6. The third-order valence-electron chi connectivity index (χ3n) is 2.97. The van der Waals surface area contributed by atoms with Gasteiger partial charge in [0.15, 0.2) is 0 Å². The van der Waals surface area contributed by atoms with E-state index in [1.54, 1.807) is 0 Å². The summed E-state index contributed by atoms with van der Waals surface area (Å²) in [5, 5.41) is 9.88. The molecule has 15 heavy (non-hydrogen) atoms. The number of hydrogen-bond donors (Lipinski definition) is 2. The maximum atomic E-state index is 9.88. The maximum Gasteiger partial charge on any atom is 0.0755 e. The number of hydrogen-bond acceptors (Lipinski definition) is 2. The Kier molecular flexibility index (Phi) is 3.89. The van der Waals surface area contributed by atoms with Gasteiger partial charge in [0.2, 0.25) is 0 Å². The van der Waals surface area contributed by atoms with Crippen molar-refractivity contribution >= 4 is 0 Å². The normalized spacial score (nSPS) is 15.4. The standard InChI is InChI=1S/C13H21NO/c1-8(2)13(15)12(14)11-6-5-9(3)10(4)7-11/h5-8,12-13,15H,14H2,1-4H3/t12-,13+/m1/s1. The first-order chi connectivity index (χ1) is 6.93. The van der Waals surface area contributed by atoms with E-state index in [0.29, 0.717) is 0 Å². The van der Waals surface area contributed by atoms with Crippen molar-refractivity contribution in [3.8, 4) is 0 Å². The molecule has 0 fully saturated rings. The Hall–Kier alpha value is -0.860. The van der Waals surface area contributed by atoms with Crippen molar-refractivity contribution in [1.29, 1.82) is 0 Å². The van der Waals surface area contributed by atoms with Gasteiger partial charge in [0.1, 0.15) is 0 Å². The van der Waals surface area contributed by atoms with Crippen LogP contribution in [-0.2, 0) is 0 Å². The molecule has 1 rings (SSSR count). The highest BCUT2D eigenvalue weighted by atomic mass is 16.3. The summed E-state index contributed by atoms with van der Waals surface area (Å²) in [4.78, 5) is 0. The Labute approximate surface area is 92.1 Å². The van der Waals surface area contributed by atoms with E-state index in [2.05, 4.69) is 26.0 Å². The fourth-order valence-corrected chi connectivity index (χ4v) is 1.58. The third kappa shape index (κ3) is 2.80. The zero-order valence-electron chi connectivity index (χ0n) is 9.99. The molecule has 0 unspecified atom stereocenters. The first-order valence-electron chi connectivity index (χ1n) is 5.44. The van der Waals surface area contributed by atoms with Gasteiger partial charge in [0.25, 0.3) is 0 Å². The molecule has 2 atom stereocenters. The van der Waals surface area contributed by atoms with Gasteiger partial charge in [-0.3, -0.25) is 0 Å². The van der Waals surface area contributed by atoms with Crippen molar-refractivity contribution in [2.75, 3.05) is 0 Å². The largest absolute Gasteiger partial charge is 0.391 e. The second-order valence-corrected chi connectivity index (χ2v) is 4.60. The number of nitrogens with two attached hydrogens (primary N) is 1. The molecule has 0 saturated carbocycles. The molecule has 0 saturated heterocycles. The van der Waals surface area contributed by atoms with Crippen molar-refractivity contribution in [3.63, 3.8) is 0 Å². The first-order valence-corrected chi connectivity index (χ1v) is 5.44. The van der Waals surface area contributed by atoms with Crippen molar-refractivity contribution in [1.82, 2.24) is 0 Å². The van der Waals surface area contributed by atoms with Crippen molar-refractivity contribution in [2.24, 2.45) is 11.7 Å². The van der Waals surface area contributed by atoms with E-state index < -0.39 is 6.10 Å². The van der Waals surface area contributed by atoms with E-state index in [9.17, 15) is 5.11 Å². The summed E-state index contributed by atoms with van der Waals surface area (Å²) in [6.45, 7) is 8.09. The molecule has 84 valence electrons.